The molecule has 8 fully saturated rings. The Kier molecular flexibility index (Phi) is 6.89. The van der Waals surface area contributed by atoms with Gasteiger partial charge in [-0.3, -0.25) is 14.4 Å². The van der Waals surface area contributed by atoms with Gasteiger partial charge in [0.1, 0.15) is 29.5 Å². The first-order valence-corrected chi connectivity index (χ1v) is 18.3. The summed E-state index contributed by atoms with van der Waals surface area (Å²) in [7, 11) is 1.04. The van der Waals surface area contributed by atoms with Crippen molar-refractivity contribution in [3.8, 4) is 0 Å². The highest BCUT2D eigenvalue weighted by Crippen LogP contribution is 2.95. The van der Waals surface area contributed by atoms with Gasteiger partial charge in [0.25, 0.3) is 5.97 Å². The number of ether oxygens (including phenoxy) is 8. The Morgan fingerprint density at radius 2 is 1.58 bits per heavy atom. The van der Waals surface area contributed by atoms with Crippen LogP contribution in [-0.2, 0) is 61.9 Å². The highest BCUT2D eigenvalue weighted by atomic mass is 17.0. The molecular formula is C37H44O18. The predicted molar refractivity (Wildman–Crippen MR) is 172 cm³/mol. The van der Waals surface area contributed by atoms with Crippen molar-refractivity contribution in [1.82, 2.24) is 0 Å². The maximum Gasteiger partial charge on any atom is 0.348 e. The first kappa shape index (κ1) is 37.0. The van der Waals surface area contributed by atoms with Gasteiger partial charge in [-0.2, -0.15) is 0 Å². The number of esters is 5. The summed E-state index contributed by atoms with van der Waals surface area (Å²) in [6.45, 7) is 9.38. The second kappa shape index (κ2) is 10.3. The molecule has 55 heavy (non-hydrogen) atoms. The molecular weight excluding hydrogens is 732 g/mol. The second-order valence-corrected chi connectivity index (χ2v) is 17.5. The van der Waals surface area contributed by atoms with E-state index in [1.165, 1.54) is 53.2 Å². The van der Waals surface area contributed by atoms with Crippen molar-refractivity contribution >= 4 is 29.8 Å². The molecule has 8 aliphatic rings. The molecule has 3 aliphatic heterocycles. The highest BCUT2D eigenvalue weighted by Gasteiger charge is 3.11. The smallest absolute Gasteiger partial charge is 0.348 e. The molecule has 5 aliphatic carbocycles. The quantitative estimate of drug-likeness (QED) is 0.205. The number of fused-ring (bicyclic) bond motifs is 2. The molecule has 4 heterocycles. The van der Waals surface area contributed by atoms with E-state index in [9.17, 15) is 44.4 Å². The van der Waals surface area contributed by atoms with Gasteiger partial charge in [-0.15, -0.1) is 0 Å². The number of hydrogen-bond donors (Lipinski definition) is 4. The Labute approximate surface area is 313 Å². The van der Waals surface area contributed by atoms with Gasteiger partial charge in [-0.25, -0.2) is 9.59 Å². The molecule has 4 bridgehead atoms. The van der Waals surface area contributed by atoms with Crippen LogP contribution >= 0.6 is 0 Å². The minimum Gasteiger partial charge on any atom is -0.472 e. The van der Waals surface area contributed by atoms with Crippen LogP contribution in [0.4, 0.5) is 0 Å². The van der Waals surface area contributed by atoms with Gasteiger partial charge < -0.3 is 62.7 Å². The Balaban J connectivity index is 1.45. The van der Waals surface area contributed by atoms with Gasteiger partial charge in [0.05, 0.1) is 42.5 Å². The summed E-state index contributed by atoms with van der Waals surface area (Å²) in [5.41, 5.74) is -17.9. The van der Waals surface area contributed by atoms with Crippen LogP contribution in [0.2, 0.25) is 0 Å². The number of carbonyl (C=O) groups is 5. The van der Waals surface area contributed by atoms with Crippen LogP contribution in [0.3, 0.4) is 0 Å². The third-order valence-corrected chi connectivity index (χ3v) is 15.0. The zero-order chi connectivity index (χ0) is 40.1. The van der Waals surface area contributed by atoms with Crippen molar-refractivity contribution in [2.45, 2.75) is 132 Å². The summed E-state index contributed by atoms with van der Waals surface area (Å²) in [6, 6.07) is 1.50. The summed E-state index contributed by atoms with van der Waals surface area (Å²) in [5.74, 6) is -9.72. The Hall–Kier alpha value is -3.65. The average molecular weight is 777 g/mol. The van der Waals surface area contributed by atoms with Crippen molar-refractivity contribution in [3.63, 3.8) is 0 Å². The lowest BCUT2D eigenvalue weighted by Gasteiger charge is -2.76. The third kappa shape index (κ3) is 3.39. The Morgan fingerprint density at radius 3 is 2.16 bits per heavy atom. The number of hydrogen-bond acceptors (Lipinski definition) is 18. The molecule has 1 spiro atoms. The number of aliphatic hydroxyl groups is 4. The van der Waals surface area contributed by atoms with E-state index in [4.69, 9.17) is 42.3 Å². The average Bonchev–Trinajstić information content (AvgIpc) is 3.45. The topological polar surface area (TPSA) is 253 Å². The second-order valence-electron chi connectivity index (χ2n) is 17.5. The fourth-order valence-electron chi connectivity index (χ4n) is 13.7. The van der Waals surface area contributed by atoms with Crippen LogP contribution in [0.5, 0.6) is 0 Å². The summed E-state index contributed by atoms with van der Waals surface area (Å²) in [5, 5.41) is 52.4. The minimum absolute atomic E-state index is 0.280. The van der Waals surface area contributed by atoms with Crippen LogP contribution in [0, 0.1) is 33.5 Å². The number of cyclic esters (lactones) is 1. The Morgan fingerprint density at radius 1 is 0.927 bits per heavy atom. The van der Waals surface area contributed by atoms with Gasteiger partial charge >= 0.3 is 29.8 Å². The molecule has 17 atom stereocenters. The number of furan rings is 1. The zero-order valence-corrected chi connectivity index (χ0v) is 31.3. The standard InChI is InChI=1S/C37H44O18/c1-14(2)24(42)52-28-35(46)27(50-16(4)39)29(5)12-34(35,45)30(6,19(29)18(40)25(43)47-8)36-22-20(41)32-13-33(32,37(28,36)55-31(7,53-22)54-36)23(49-15(3)38)26(44)51-21(32)17-9-10-48-11-17/h9-11,14,18-23,27-28,40-41,45-46H,12-13H2,1-8H3. The Bertz CT molecular complexity index is 1950. The van der Waals surface area contributed by atoms with Crippen LogP contribution in [0.25, 0.3) is 0 Å². The largest absolute Gasteiger partial charge is 0.472 e. The molecule has 5 saturated carbocycles. The molecule has 18 heteroatoms. The van der Waals surface area contributed by atoms with Crippen LogP contribution in [0.15, 0.2) is 23.0 Å². The number of methoxy groups -OCH3 is 1. The summed E-state index contributed by atoms with van der Waals surface area (Å²) in [6.07, 6.45) is -11.0. The molecule has 1 aromatic rings. The number of carbonyl (C=O) groups excluding carboxylic acids is 5. The van der Waals surface area contributed by atoms with E-state index >= 15 is 0 Å². The first-order chi connectivity index (χ1) is 25.5. The molecule has 300 valence electrons. The van der Waals surface area contributed by atoms with Crippen LogP contribution in [-0.4, -0.2) is 122 Å². The predicted octanol–water partition coefficient (Wildman–Crippen LogP) is -0.288. The van der Waals surface area contributed by atoms with E-state index in [0.717, 1.165) is 21.0 Å². The van der Waals surface area contributed by atoms with E-state index in [1.54, 1.807) is 0 Å². The van der Waals surface area contributed by atoms with Crippen molar-refractivity contribution in [1.29, 1.82) is 0 Å². The van der Waals surface area contributed by atoms with E-state index in [1.807, 2.05) is 0 Å². The van der Waals surface area contributed by atoms with Gasteiger partial charge in [0, 0.05) is 43.1 Å². The van der Waals surface area contributed by atoms with Crippen LogP contribution in [0.1, 0.15) is 73.0 Å². The van der Waals surface area contributed by atoms with Crippen molar-refractivity contribution in [2.75, 3.05) is 7.11 Å². The van der Waals surface area contributed by atoms with Gasteiger partial charge in [0.15, 0.2) is 23.4 Å². The summed E-state index contributed by atoms with van der Waals surface area (Å²) < 4.78 is 54.9. The van der Waals surface area contributed by atoms with Crippen molar-refractivity contribution < 1.29 is 86.7 Å². The summed E-state index contributed by atoms with van der Waals surface area (Å²) >= 11 is 0. The SMILES string of the molecule is COC(=O)C(O)C1C2(C)CC3(O)C(O)(C2OC(C)=O)C(OC(=O)C(C)C)C24OC5(C)OC(C(O)C67CC62C(OC(C)=O)C(=O)OC7c2ccoc2)C4(O5)C13C. The number of aliphatic hydroxyl groups excluding tert-OH is 2. The normalized spacial score (nSPS) is 53.4. The van der Waals surface area contributed by atoms with Gasteiger partial charge in [-0.05, 0) is 18.9 Å². The lowest BCUT2D eigenvalue weighted by Crippen LogP contribution is -2.97. The molecule has 18 nitrogen and oxygen atoms in total. The zero-order valence-electron chi connectivity index (χ0n) is 31.3. The maximum absolute atomic E-state index is 14.5. The molecule has 0 radical (unpaired) electrons. The van der Waals surface area contributed by atoms with E-state index in [-0.39, 0.29) is 12.0 Å². The highest BCUT2D eigenvalue weighted by molar-refractivity contribution is 5.84. The summed E-state index contributed by atoms with van der Waals surface area (Å²) in [4.78, 5) is 68.1. The lowest BCUT2D eigenvalue weighted by atomic mass is 9.33. The van der Waals surface area contributed by atoms with Gasteiger partial charge in [0.2, 0.25) is 6.10 Å². The lowest BCUT2D eigenvalue weighted by molar-refractivity contribution is -0.455. The fraction of sp³-hybridized carbons (Fsp3) is 0.757. The van der Waals surface area contributed by atoms with E-state index in [2.05, 4.69) is 0 Å². The molecule has 0 aromatic carbocycles. The fourth-order valence-corrected chi connectivity index (χ4v) is 13.7. The first-order valence-electron chi connectivity index (χ1n) is 18.3. The van der Waals surface area contributed by atoms with E-state index < -0.39 is 141 Å². The van der Waals surface area contributed by atoms with Crippen LogP contribution < -0.4 is 0 Å². The minimum atomic E-state index is -2.89. The molecule has 0 amide bonds. The monoisotopic (exact) mass is 776 g/mol. The molecule has 3 saturated heterocycles. The third-order valence-electron chi connectivity index (χ3n) is 15.0. The van der Waals surface area contributed by atoms with E-state index in [0.29, 0.717) is 0 Å². The molecule has 4 N–H and O–H groups in total. The van der Waals surface area contributed by atoms with Crippen molar-refractivity contribution in [3.05, 3.63) is 24.2 Å². The maximum atomic E-state index is 14.5. The molecule has 1 aromatic heterocycles. The van der Waals surface area contributed by atoms with Gasteiger partial charge in [-0.1, -0.05) is 27.7 Å². The molecule has 9 rings (SSSR count). The molecule has 17 unspecified atom stereocenters. The number of rotatable bonds is 7. The van der Waals surface area contributed by atoms with Crippen molar-refractivity contribution in [2.24, 2.45) is 33.5 Å².